The predicted octanol–water partition coefficient (Wildman–Crippen LogP) is 2.18. The SMILES string of the molecule is COC(=O)[C@@H]1C/C=C/Cc2ccc3c(c2)c2cc(ccc2n3C)C[C@H](NC(C)=O)C(=O)N[C@@H](CCCN=C(C)N)C(=O)N1. The zero-order valence-electron chi connectivity index (χ0n) is 25.1. The van der Waals surface area contributed by atoms with Gasteiger partial charge < -0.3 is 31.0 Å². The van der Waals surface area contributed by atoms with E-state index in [9.17, 15) is 19.2 Å². The van der Waals surface area contributed by atoms with E-state index in [0.29, 0.717) is 25.2 Å². The molecule has 0 aliphatic carbocycles. The molecule has 0 saturated heterocycles. The summed E-state index contributed by atoms with van der Waals surface area (Å²) in [5.41, 5.74) is 9.73. The fourth-order valence-corrected chi connectivity index (χ4v) is 5.43. The van der Waals surface area contributed by atoms with E-state index < -0.39 is 35.9 Å². The number of hydrogen-bond donors (Lipinski definition) is 4. The number of aryl methyl sites for hydroxylation is 1. The van der Waals surface area contributed by atoms with Crippen molar-refractivity contribution in [2.45, 2.75) is 64.1 Å². The number of hydrogen-bond acceptors (Lipinski definition) is 6. The number of nitrogens with one attached hydrogen (secondary N) is 3. The van der Waals surface area contributed by atoms with Crippen LogP contribution in [-0.4, -0.2) is 65.9 Å². The van der Waals surface area contributed by atoms with E-state index in [1.165, 1.54) is 14.0 Å². The van der Waals surface area contributed by atoms with Gasteiger partial charge in [0.2, 0.25) is 17.7 Å². The number of carbonyl (C=O) groups excluding carboxylic acids is 4. The molecule has 0 fully saturated rings. The number of amides is 3. The molecular weight excluding hydrogens is 548 g/mol. The highest BCUT2D eigenvalue weighted by Crippen LogP contribution is 2.30. The van der Waals surface area contributed by atoms with E-state index in [-0.39, 0.29) is 25.2 Å². The summed E-state index contributed by atoms with van der Waals surface area (Å²) in [6.45, 7) is 3.39. The van der Waals surface area contributed by atoms with Crippen molar-refractivity contribution < 1.29 is 23.9 Å². The lowest BCUT2D eigenvalue weighted by Gasteiger charge is -2.24. The fraction of sp³-hybridized carbons (Fsp3) is 0.406. The summed E-state index contributed by atoms with van der Waals surface area (Å²) in [5.74, 6) is -1.59. The number of amidine groups is 1. The summed E-state index contributed by atoms with van der Waals surface area (Å²) in [4.78, 5) is 56.0. The largest absolute Gasteiger partial charge is 0.467 e. The maximum atomic E-state index is 13.6. The lowest BCUT2D eigenvalue weighted by molar-refractivity contribution is -0.145. The molecule has 2 heterocycles. The Morgan fingerprint density at radius 3 is 2.35 bits per heavy atom. The number of rotatable bonds is 6. The Bertz CT molecular complexity index is 1590. The summed E-state index contributed by atoms with van der Waals surface area (Å²) in [6, 6.07) is 9.47. The Labute approximate surface area is 250 Å². The Balaban J connectivity index is 1.75. The molecule has 1 aliphatic rings. The number of aliphatic imine (C=N–C) groups is 1. The molecule has 3 atom stereocenters. The van der Waals surface area contributed by atoms with Gasteiger partial charge in [0, 0.05) is 48.7 Å². The third-order valence-corrected chi connectivity index (χ3v) is 7.61. The number of ether oxygens (including phenoxy) is 1. The van der Waals surface area contributed by atoms with Crippen molar-refractivity contribution >= 4 is 51.3 Å². The van der Waals surface area contributed by atoms with Crippen molar-refractivity contribution in [2.24, 2.45) is 17.8 Å². The molecule has 0 unspecified atom stereocenters. The zero-order valence-corrected chi connectivity index (χ0v) is 25.1. The maximum absolute atomic E-state index is 13.6. The number of aromatic nitrogens is 1. The second kappa shape index (κ2) is 14.0. The normalized spacial score (nSPS) is 20.9. The van der Waals surface area contributed by atoms with Crippen LogP contribution in [0.2, 0.25) is 0 Å². The van der Waals surface area contributed by atoms with Crippen LogP contribution in [0.15, 0.2) is 53.5 Å². The smallest absolute Gasteiger partial charge is 0.328 e. The van der Waals surface area contributed by atoms with Gasteiger partial charge in [-0.15, -0.1) is 0 Å². The molecule has 4 rings (SSSR count). The van der Waals surface area contributed by atoms with E-state index in [1.807, 2.05) is 31.3 Å². The third-order valence-electron chi connectivity index (χ3n) is 7.61. The molecule has 228 valence electrons. The maximum Gasteiger partial charge on any atom is 0.328 e. The minimum absolute atomic E-state index is 0.212. The summed E-state index contributed by atoms with van der Waals surface area (Å²) < 4.78 is 7.08. The van der Waals surface area contributed by atoms with Crippen LogP contribution in [0.1, 0.15) is 44.2 Å². The van der Waals surface area contributed by atoms with Gasteiger partial charge in [-0.3, -0.25) is 19.4 Å². The Kier molecular flexibility index (Phi) is 10.2. The molecule has 1 aromatic heterocycles. The van der Waals surface area contributed by atoms with Gasteiger partial charge in [-0.25, -0.2) is 4.79 Å². The van der Waals surface area contributed by atoms with Gasteiger partial charge in [-0.2, -0.15) is 0 Å². The number of esters is 1. The quantitative estimate of drug-likeness (QED) is 0.114. The van der Waals surface area contributed by atoms with Crippen LogP contribution in [0.4, 0.5) is 0 Å². The van der Waals surface area contributed by atoms with Crippen LogP contribution in [-0.2, 0) is 43.8 Å². The Hall–Kier alpha value is -4.67. The molecule has 0 saturated carbocycles. The van der Waals surface area contributed by atoms with Gasteiger partial charge >= 0.3 is 5.97 Å². The highest BCUT2D eigenvalue weighted by molar-refractivity contribution is 6.08. The van der Waals surface area contributed by atoms with Gasteiger partial charge in [0.25, 0.3) is 0 Å². The molecule has 2 aromatic carbocycles. The fourth-order valence-electron chi connectivity index (χ4n) is 5.43. The lowest BCUT2D eigenvalue weighted by atomic mass is 10.0. The summed E-state index contributed by atoms with van der Waals surface area (Å²) in [5, 5.41) is 10.4. The monoisotopic (exact) mass is 588 g/mol. The van der Waals surface area contributed by atoms with E-state index in [4.69, 9.17) is 10.5 Å². The molecule has 0 radical (unpaired) electrons. The molecule has 11 heteroatoms. The number of carbonyl (C=O) groups is 4. The van der Waals surface area contributed by atoms with E-state index in [1.54, 1.807) is 6.92 Å². The van der Waals surface area contributed by atoms with Gasteiger partial charge in [-0.1, -0.05) is 24.3 Å². The predicted molar refractivity (Wildman–Crippen MR) is 166 cm³/mol. The van der Waals surface area contributed by atoms with Crippen LogP contribution in [0.5, 0.6) is 0 Å². The first-order valence-electron chi connectivity index (χ1n) is 14.4. The van der Waals surface area contributed by atoms with Gasteiger partial charge in [-0.05, 0) is 68.0 Å². The number of benzene rings is 2. The van der Waals surface area contributed by atoms with E-state index in [2.05, 4.69) is 49.8 Å². The van der Waals surface area contributed by atoms with Crippen LogP contribution in [0.25, 0.3) is 21.8 Å². The summed E-state index contributed by atoms with van der Waals surface area (Å²) in [6.07, 6.45) is 5.58. The highest BCUT2D eigenvalue weighted by atomic mass is 16.5. The number of nitrogens with zero attached hydrogens (tertiary/aromatic N) is 2. The standard InChI is InChI=1S/C32H40N6O5/c1-19(33)34-15-7-10-25-30(40)37-26(32(42)43-4)9-6-5-8-21-11-13-28-23(16-21)24-17-22(12-14-29(24)38(28)3)18-27(31(41)36-25)35-20(2)39/h5-6,11-14,16-17,25-27H,7-10,15,18H2,1-4H3,(H2,33,34)(H,35,39)(H,36,41)(H,37,40)/b6-5+/t25-,26-,27-/m0/s1. The van der Waals surface area contributed by atoms with Crippen LogP contribution >= 0.6 is 0 Å². The number of fused-ring (bicyclic) bond motifs is 2. The second-order valence-corrected chi connectivity index (χ2v) is 10.9. The number of allylic oxidation sites excluding steroid dienone is 1. The van der Waals surface area contributed by atoms with Crippen molar-refractivity contribution in [3.05, 3.63) is 59.7 Å². The minimum Gasteiger partial charge on any atom is -0.467 e. The number of methoxy groups -OCH3 is 1. The molecule has 1 aliphatic heterocycles. The minimum atomic E-state index is -0.983. The highest BCUT2D eigenvalue weighted by Gasteiger charge is 2.29. The zero-order chi connectivity index (χ0) is 31.1. The van der Waals surface area contributed by atoms with Gasteiger partial charge in [0.15, 0.2) is 0 Å². The van der Waals surface area contributed by atoms with Crippen LogP contribution < -0.4 is 21.7 Å². The molecule has 3 aromatic rings. The molecule has 0 spiro atoms. The topological polar surface area (TPSA) is 157 Å². The average Bonchev–Trinajstić information content (AvgIpc) is 3.24. The van der Waals surface area contributed by atoms with Crippen molar-refractivity contribution in [3.63, 3.8) is 0 Å². The van der Waals surface area contributed by atoms with Crippen molar-refractivity contribution in [3.8, 4) is 0 Å². The summed E-state index contributed by atoms with van der Waals surface area (Å²) >= 11 is 0. The van der Waals surface area contributed by atoms with Crippen LogP contribution in [0, 0.1) is 0 Å². The Morgan fingerprint density at radius 2 is 1.70 bits per heavy atom. The van der Waals surface area contributed by atoms with Crippen molar-refractivity contribution in [1.29, 1.82) is 0 Å². The molecule has 5 N–H and O–H groups in total. The molecule has 3 amide bonds. The van der Waals surface area contributed by atoms with E-state index in [0.717, 1.165) is 32.9 Å². The molecule has 11 nitrogen and oxygen atoms in total. The average molecular weight is 589 g/mol. The number of nitrogens with two attached hydrogens (primary N) is 1. The summed E-state index contributed by atoms with van der Waals surface area (Å²) in [7, 11) is 3.28. The molecule has 4 bridgehead atoms. The first-order valence-corrected chi connectivity index (χ1v) is 14.4. The van der Waals surface area contributed by atoms with Crippen molar-refractivity contribution in [1.82, 2.24) is 20.5 Å². The first kappa shape index (κ1) is 31.3. The lowest BCUT2D eigenvalue weighted by Crippen LogP contribution is -2.56. The molecule has 43 heavy (non-hydrogen) atoms. The first-order chi connectivity index (χ1) is 20.6. The second-order valence-electron chi connectivity index (χ2n) is 10.9. The van der Waals surface area contributed by atoms with Gasteiger partial charge in [0.05, 0.1) is 12.9 Å². The molecular formula is C32H40N6O5. The Morgan fingerprint density at radius 1 is 1.02 bits per heavy atom. The van der Waals surface area contributed by atoms with Crippen molar-refractivity contribution in [2.75, 3.05) is 13.7 Å². The van der Waals surface area contributed by atoms with E-state index >= 15 is 0 Å². The third kappa shape index (κ3) is 7.79. The van der Waals surface area contributed by atoms with Gasteiger partial charge in [0.1, 0.15) is 18.1 Å². The van der Waals surface area contributed by atoms with Crippen LogP contribution in [0.3, 0.4) is 0 Å².